The molecule has 1 aliphatic heterocycles. The standard InChI is InChI=1S/C14H25NO3/c1-6-18-13(17)11(14(3,4)5)12(16)15-8-7-10(2)9-15/h10-11H,6-9H2,1-5H3. The summed E-state index contributed by atoms with van der Waals surface area (Å²) in [5.41, 5.74) is -0.408. The van der Waals surface area contributed by atoms with E-state index in [1.54, 1.807) is 11.8 Å². The average molecular weight is 255 g/mol. The van der Waals surface area contributed by atoms with Crippen LogP contribution in [0.25, 0.3) is 0 Å². The quantitative estimate of drug-likeness (QED) is 0.573. The summed E-state index contributed by atoms with van der Waals surface area (Å²) in [6.45, 7) is 11.4. The molecule has 0 bridgehead atoms. The molecule has 0 aromatic heterocycles. The van der Waals surface area contributed by atoms with Crippen molar-refractivity contribution in [2.24, 2.45) is 17.3 Å². The normalized spacial score (nSPS) is 21.8. The average Bonchev–Trinajstić information content (AvgIpc) is 2.63. The van der Waals surface area contributed by atoms with E-state index in [-0.39, 0.29) is 5.91 Å². The van der Waals surface area contributed by atoms with Gasteiger partial charge < -0.3 is 9.64 Å². The Balaban J connectivity index is 2.83. The van der Waals surface area contributed by atoms with Crippen molar-refractivity contribution in [1.82, 2.24) is 4.90 Å². The molecule has 0 aromatic rings. The maximum absolute atomic E-state index is 12.5. The smallest absolute Gasteiger partial charge is 0.319 e. The van der Waals surface area contributed by atoms with Crippen molar-refractivity contribution in [3.63, 3.8) is 0 Å². The van der Waals surface area contributed by atoms with Gasteiger partial charge in [-0.1, -0.05) is 27.7 Å². The van der Waals surface area contributed by atoms with Crippen LogP contribution in [0.2, 0.25) is 0 Å². The van der Waals surface area contributed by atoms with Crippen LogP contribution in [0.4, 0.5) is 0 Å². The lowest BCUT2D eigenvalue weighted by atomic mass is 9.80. The van der Waals surface area contributed by atoms with Crippen molar-refractivity contribution in [3.8, 4) is 0 Å². The van der Waals surface area contributed by atoms with Crippen LogP contribution in [-0.2, 0) is 14.3 Å². The number of hydrogen-bond acceptors (Lipinski definition) is 3. The van der Waals surface area contributed by atoms with E-state index in [0.29, 0.717) is 12.5 Å². The van der Waals surface area contributed by atoms with Crippen LogP contribution in [0.15, 0.2) is 0 Å². The Morgan fingerprint density at radius 2 is 2.00 bits per heavy atom. The maximum atomic E-state index is 12.5. The van der Waals surface area contributed by atoms with Gasteiger partial charge in [-0.15, -0.1) is 0 Å². The van der Waals surface area contributed by atoms with Crippen LogP contribution >= 0.6 is 0 Å². The van der Waals surface area contributed by atoms with Gasteiger partial charge in [-0.05, 0) is 24.7 Å². The molecule has 18 heavy (non-hydrogen) atoms. The van der Waals surface area contributed by atoms with Crippen molar-refractivity contribution in [3.05, 3.63) is 0 Å². The summed E-state index contributed by atoms with van der Waals surface area (Å²) < 4.78 is 5.05. The predicted octanol–water partition coefficient (Wildman–Crippen LogP) is 2.08. The van der Waals surface area contributed by atoms with E-state index in [1.165, 1.54) is 0 Å². The second kappa shape index (κ2) is 5.72. The lowest BCUT2D eigenvalue weighted by Crippen LogP contribution is -2.45. The molecule has 0 aliphatic carbocycles. The first kappa shape index (κ1) is 15.0. The first-order valence-electron chi connectivity index (χ1n) is 6.72. The van der Waals surface area contributed by atoms with Gasteiger partial charge in [0.15, 0.2) is 0 Å². The number of esters is 1. The minimum atomic E-state index is -0.692. The number of rotatable bonds is 3. The minimum absolute atomic E-state index is 0.0784. The molecule has 0 spiro atoms. The van der Waals surface area contributed by atoms with Gasteiger partial charge in [0.2, 0.25) is 5.91 Å². The molecule has 0 saturated carbocycles. The zero-order valence-electron chi connectivity index (χ0n) is 12.2. The second-order valence-corrected chi connectivity index (χ2v) is 6.23. The summed E-state index contributed by atoms with van der Waals surface area (Å²) in [6.07, 6.45) is 1.02. The first-order valence-corrected chi connectivity index (χ1v) is 6.72. The molecule has 1 rings (SSSR count). The Kier molecular flexibility index (Phi) is 4.77. The second-order valence-electron chi connectivity index (χ2n) is 6.23. The third kappa shape index (κ3) is 3.47. The lowest BCUT2D eigenvalue weighted by Gasteiger charge is -2.31. The third-order valence-corrected chi connectivity index (χ3v) is 3.37. The monoisotopic (exact) mass is 255 g/mol. The molecule has 2 unspecified atom stereocenters. The number of likely N-dealkylation sites (tertiary alicyclic amines) is 1. The van der Waals surface area contributed by atoms with Gasteiger partial charge >= 0.3 is 5.97 Å². The highest BCUT2D eigenvalue weighted by atomic mass is 16.5. The molecule has 0 N–H and O–H groups in total. The summed E-state index contributed by atoms with van der Waals surface area (Å²) in [6, 6.07) is 0. The Morgan fingerprint density at radius 1 is 1.39 bits per heavy atom. The zero-order chi connectivity index (χ0) is 13.9. The molecule has 1 aliphatic rings. The Labute approximate surface area is 110 Å². The van der Waals surface area contributed by atoms with E-state index in [4.69, 9.17) is 4.74 Å². The highest BCUT2D eigenvalue weighted by Crippen LogP contribution is 2.30. The highest BCUT2D eigenvalue weighted by Gasteiger charge is 2.42. The fourth-order valence-electron chi connectivity index (χ4n) is 2.37. The van der Waals surface area contributed by atoms with E-state index < -0.39 is 17.3 Å². The van der Waals surface area contributed by atoms with Crippen LogP contribution in [-0.4, -0.2) is 36.5 Å². The fraction of sp³-hybridized carbons (Fsp3) is 0.857. The molecule has 1 fully saturated rings. The van der Waals surface area contributed by atoms with Crippen molar-refractivity contribution in [2.45, 2.75) is 41.0 Å². The number of hydrogen-bond donors (Lipinski definition) is 0. The van der Waals surface area contributed by atoms with Crippen LogP contribution in [0.5, 0.6) is 0 Å². The van der Waals surface area contributed by atoms with Gasteiger partial charge in [0.25, 0.3) is 0 Å². The van der Waals surface area contributed by atoms with Crippen LogP contribution in [0.1, 0.15) is 41.0 Å². The van der Waals surface area contributed by atoms with Crippen molar-refractivity contribution >= 4 is 11.9 Å². The number of amides is 1. The molecule has 0 aromatic carbocycles. The highest BCUT2D eigenvalue weighted by molar-refractivity contribution is 5.98. The van der Waals surface area contributed by atoms with Gasteiger partial charge in [0, 0.05) is 13.1 Å². The van der Waals surface area contributed by atoms with Gasteiger partial charge in [0.05, 0.1) is 6.61 Å². The number of carbonyl (C=O) groups excluding carboxylic acids is 2. The van der Waals surface area contributed by atoms with Crippen LogP contribution in [0.3, 0.4) is 0 Å². The van der Waals surface area contributed by atoms with E-state index in [9.17, 15) is 9.59 Å². The van der Waals surface area contributed by atoms with E-state index in [1.807, 2.05) is 20.8 Å². The summed E-state index contributed by atoms with van der Waals surface area (Å²) in [4.78, 5) is 26.3. The van der Waals surface area contributed by atoms with Crippen molar-refractivity contribution in [1.29, 1.82) is 0 Å². The van der Waals surface area contributed by atoms with Gasteiger partial charge in [-0.3, -0.25) is 9.59 Å². The van der Waals surface area contributed by atoms with Crippen molar-refractivity contribution in [2.75, 3.05) is 19.7 Å². The minimum Gasteiger partial charge on any atom is -0.465 e. The van der Waals surface area contributed by atoms with Crippen LogP contribution < -0.4 is 0 Å². The Hall–Kier alpha value is -1.06. The topological polar surface area (TPSA) is 46.6 Å². The van der Waals surface area contributed by atoms with E-state index in [0.717, 1.165) is 19.5 Å². The van der Waals surface area contributed by atoms with E-state index >= 15 is 0 Å². The summed E-state index contributed by atoms with van der Waals surface area (Å²) in [5, 5.41) is 0. The van der Waals surface area contributed by atoms with Crippen molar-refractivity contribution < 1.29 is 14.3 Å². The molecule has 4 nitrogen and oxygen atoms in total. The largest absolute Gasteiger partial charge is 0.465 e. The first-order chi connectivity index (χ1) is 8.27. The Morgan fingerprint density at radius 3 is 2.39 bits per heavy atom. The van der Waals surface area contributed by atoms with Gasteiger partial charge in [-0.25, -0.2) is 0 Å². The molecule has 4 heteroatoms. The number of ether oxygens (including phenoxy) is 1. The summed E-state index contributed by atoms with van der Waals surface area (Å²) in [5.74, 6) is -0.639. The predicted molar refractivity (Wildman–Crippen MR) is 69.9 cm³/mol. The fourth-order valence-corrected chi connectivity index (χ4v) is 2.37. The molecular formula is C14H25NO3. The van der Waals surface area contributed by atoms with Crippen LogP contribution in [0, 0.1) is 17.3 Å². The van der Waals surface area contributed by atoms with Gasteiger partial charge in [-0.2, -0.15) is 0 Å². The summed E-state index contributed by atoms with van der Waals surface area (Å²) in [7, 11) is 0. The molecule has 0 radical (unpaired) electrons. The molecule has 1 amide bonds. The lowest BCUT2D eigenvalue weighted by molar-refractivity contribution is -0.160. The maximum Gasteiger partial charge on any atom is 0.319 e. The number of nitrogens with zero attached hydrogens (tertiary/aromatic N) is 1. The molecule has 104 valence electrons. The molecule has 2 atom stereocenters. The number of carbonyl (C=O) groups is 2. The Bertz CT molecular complexity index is 319. The zero-order valence-corrected chi connectivity index (χ0v) is 12.2. The molecule has 1 heterocycles. The third-order valence-electron chi connectivity index (χ3n) is 3.37. The SMILES string of the molecule is CCOC(=O)C(C(=O)N1CCC(C)C1)C(C)(C)C. The van der Waals surface area contributed by atoms with E-state index in [2.05, 4.69) is 6.92 Å². The summed E-state index contributed by atoms with van der Waals surface area (Å²) >= 11 is 0. The molecular weight excluding hydrogens is 230 g/mol. The van der Waals surface area contributed by atoms with Gasteiger partial charge in [0.1, 0.15) is 5.92 Å². The molecule has 1 saturated heterocycles.